The first-order valence-electron chi connectivity index (χ1n) is 6.96. The van der Waals surface area contributed by atoms with Crippen molar-refractivity contribution in [3.05, 3.63) is 22.2 Å². The van der Waals surface area contributed by atoms with Crippen molar-refractivity contribution >= 4 is 24.3 Å². The van der Waals surface area contributed by atoms with Crippen LogP contribution in [0.5, 0.6) is 0 Å². The van der Waals surface area contributed by atoms with Crippen molar-refractivity contribution in [2.45, 2.75) is 51.5 Å². The predicted molar refractivity (Wildman–Crippen MR) is 84.7 cm³/mol. The maximum atomic E-state index is 12.0. The number of nitrogens with two attached hydrogens (primary N) is 1. The highest BCUT2D eigenvalue weighted by Gasteiger charge is 2.39. The summed E-state index contributed by atoms with van der Waals surface area (Å²) in [5.74, 6) is 0.179. The van der Waals surface area contributed by atoms with Gasteiger partial charge in [-0.1, -0.05) is 13.3 Å². The van der Waals surface area contributed by atoms with E-state index in [1.165, 1.54) is 4.57 Å². The average Bonchev–Trinajstić information content (AvgIpc) is 2.75. The summed E-state index contributed by atoms with van der Waals surface area (Å²) >= 11 is 4.52. The number of ether oxygens (including phenoxy) is 1. The molecule has 22 heavy (non-hydrogen) atoms. The molecule has 1 aromatic rings. The quantitative estimate of drug-likeness (QED) is 0.668. The summed E-state index contributed by atoms with van der Waals surface area (Å²) in [7, 11) is 0. The van der Waals surface area contributed by atoms with Gasteiger partial charge < -0.3 is 24.8 Å². The molecule has 0 aliphatic carbocycles. The van der Waals surface area contributed by atoms with Crippen LogP contribution in [0.25, 0.3) is 0 Å². The van der Waals surface area contributed by atoms with Gasteiger partial charge in [0.05, 0.1) is 12.2 Å². The first kappa shape index (κ1) is 17.5. The molecule has 4 N–H and O–H groups in total. The molecule has 1 aliphatic heterocycles. The number of anilines is 1. The minimum Gasteiger partial charge on any atom is -0.383 e. The number of nitrogens with zero attached hydrogens (tertiary/aromatic N) is 2. The summed E-state index contributed by atoms with van der Waals surface area (Å²) in [4.78, 5) is 34.4. The molecule has 0 unspecified atom stereocenters. The molecular weight excluding hydrogens is 329 g/mol. The van der Waals surface area contributed by atoms with Crippen molar-refractivity contribution < 1.29 is 19.0 Å². The molecule has 1 aliphatic rings. The zero-order valence-electron chi connectivity index (χ0n) is 12.4. The van der Waals surface area contributed by atoms with Crippen LogP contribution in [0.3, 0.4) is 0 Å². The molecule has 0 radical (unpaired) electrons. The van der Waals surface area contributed by atoms with Crippen molar-refractivity contribution in [3.63, 3.8) is 0 Å². The Hall–Kier alpha value is -0.830. The highest BCUT2D eigenvalue weighted by molar-refractivity contribution is 8.06. The normalized spacial score (nSPS) is 25.5. The number of hydrogen-bond donors (Lipinski definition) is 3. The molecule has 8 nitrogen and oxygen atoms in total. The van der Waals surface area contributed by atoms with Gasteiger partial charge in [0.25, 0.3) is 0 Å². The lowest BCUT2D eigenvalue weighted by Crippen LogP contribution is -2.28. The molecule has 0 aromatic carbocycles. The van der Waals surface area contributed by atoms with Crippen LogP contribution in [-0.2, 0) is 21.1 Å². The van der Waals surface area contributed by atoms with E-state index in [9.17, 15) is 14.6 Å². The molecule has 0 bridgehead atoms. The minimum absolute atomic E-state index is 0.179. The summed E-state index contributed by atoms with van der Waals surface area (Å²) < 4.78 is 12.3. The van der Waals surface area contributed by atoms with Crippen molar-refractivity contribution in [1.29, 1.82) is 0 Å². The summed E-state index contributed by atoms with van der Waals surface area (Å²) in [5.41, 5.74) is 5.75. The second-order valence-corrected chi connectivity index (χ2v) is 7.91. The molecule has 3 atom stereocenters. The van der Waals surface area contributed by atoms with E-state index in [-0.39, 0.29) is 18.3 Å². The van der Waals surface area contributed by atoms with Gasteiger partial charge in [-0.3, -0.25) is 4.57 Å². The fourth-order valence-electron chi connectivity index (χ4n) is 2.49. The first-order valence-corrected chi connectivity index (χ1v) is 9.58. The maximum Gasteiger partial charge on any atom is 0.351 e. The summed E-state index contributed by atoms with van der Waals surface area (Å²) in [6.07, 6.45) is 1.82. The van der Waals surface area contributed by atoms with Gasteiger partial charge >= 0.3 is 12.4 Å². The Morgan fingerprint density at radius 2 is 2.32 bits per heavy atom. The van der Waals surface area contributed by atoms with Crippen LogP contribution in [0.1, 0.15) is 38.0 Å². The summed E-state index contributed by atoms with van der Waals surface area (Å²) in [6, 6.07) is 0. The van der Waals surface area contributed by atoms with Gasteiger partial charge in [-0.05, 0) is 25.2 Å². The Kier molecular flexibility index (Phi) is 5.37. The molecule has 0 saturated carbocycles. The fraction of sp³-hybridized carbons (Fsp3) is 0.667. The van der Waals surface area contributed by atoms with E-state index < -0.39 is 24.7 Å². The lowest BCUT2D eigenvalue weighted by atomic mass is 10.1. The second-order valence-electron chi connectivity index (χ2n) is 5.29. The Balaban J connectivity index is 2.25. The molecule has 0 spiro atoms. The molecule has 0 amide bonds. The summed E-state index contributed by atoms with van der Waals surface area (Å²) in [6.45, 7) is -0.0758. The Bertz CT molecular complexity index is 646. The van der Waals surface area contributed by atoms with Crippen molar-refractivity contribution in [2.24, 2.45) is 0 Å². The highest BCUT2D eigenvalue weighted by Crippen LogP contribution is 2.44. The van der Waals surface area contributed by atoms with Crippen LogP contribution in [-0.4, -0.2) is 31.5 Å². The maximum absolute atomic E-state index is 12.0. The molecule has 10 heteroatoms. The molecule has 1 fully saturated rings. The molecule has 1 saturated heterocycles. The van der Waals surface area contributed by atoms with Gasteiger partial charge in [0.1, 0.15) is 12.0 Å². The van der Waals surface area contributed by atoms with Crippen LogP contribution in [0.2, 0.25) is 0 Å². The number of aryl methyl sites for hydroxylation is 1. The molecular formula is C12H20N3O5PS. The predicted octanol–water partition coefficient (Wildman–Crippen LogP) is 0.816. The van der Waals surface area contributed by atoms with Gasteiger partial charge in [0.2, 0.25) is 0 Å². The summed E-state index contributed by atoms with van der Waals surface area (Å²) in [5, 5.41) is 0. The fourth-order valence-corrected chi connectivity index (χ4v) is 3.39. The van der Waals surface area contributed by atoms with Crippen molar-refractivity contribution in [3.8, 4) is 0 Å². The zero-order chi connectivity index (χ0) is 16.5. The zero-order valence-corrected chi connectivity index (χ0v) is 14.1. The minimum atomic E-state index is -3.79. The lowest BCUT2D eigenvalue weighted by molar-refractivity contribution is -0.0221. The van der Waals surface area contributed by atoms with Gasteiger partial charge in [-0.15, -0.1) is 0 Å². The van der Waals surface area contributed by atoms with E-state index in [1.54, 1.807) is 13.1 Å². The van der Waals surface area contributed by atoms with Crippen LogP contribution in [0, 0.1) is 6.92 Å². The molecule has 124 valence electrons. The number of rotatable bonds is 5. The largest absolute Gasteiger partial charge is 0.383 e. The highest BCUT2D eigenvalue weighted by atomic mass is 32.5. The van der Waals surface area contributed by atoms with Gasteiger partial charge in [-0.25, -0.2) is 4.79 Å². The van der Waals surface area contributed by atoms with Crippen LogP contribution < -0.4 is 11.4 Å². The topological polar surface area (TPSA) is 120 Å². The van der Waals surface area contributed by atoms with E-state index in [0.717, 1.165) is 6.42 Å². The van der Waals surface area contributed by atoms with Gasteiger partial charge in [0.15, 0.2) is 0 Å². The Morgan fingerprint density at radius 1 is 1.64 bits per heavy atom. The average molecular weight is 349 g/mol. The Labute approximate surface area is 133 Å². The smallest absolute Gasteiger partial charge is 0.351 e. The van der Waals surface area contributed by atoms with Crippen LogP contribution in [0.4, 0.5) is 5.82 Å². The van der Waals surface area contributed by atoms with E-state index in [1.807, 2.05) is 6.92 Å². The monoisotopic (exact) mass is 349 g/mol. The van der Waals surface area contributed by atoms with Crippen LogP contribution >= 0.6 is 6.72 Å². The van der Waals surface area contributed by atoms with Crippen molar-refractivity contribution in [1.82, 2.24) is 9.55 Å². The molecule has 2 rings (SSSR count). The third-order valence-corrected chi connectivity index (χ3v) is 4.31. The third kappa shape index (κ3) is 4.13. The third-order valence-electron chi connectivity index (χ3n) is 3.51. The van der Waals surface area contributed by atoms with Gasteiger partial charge in [-0.2, -0.15) is 4.98 Å². The number of nitrogen functional groups attached to an aromatic ring is 1. The van der Waals surface area contributed by atoms with Crippen molar-refractivity contribution in [2.75, 3.05) is 5.73 Å². The van der Waals surface area contributed by atoms with E-state index in [4.69, 9.17) is 15.0 Å². The first-order chi connectivity index (χ1) is 10.2. The van der Waals surface area contributed by atoms with Gasteiger partial charge in [0, 0.05) is 18.2 Å². The number of hydrogen-bond acceptors (Lipinski definition) is 6. The van der Waals surface area contributed by atoms with E-state index in [2.05, 4.69) is 16.8 Å². The standard InChI is InChI=1S/C12H20N3O5PS/c1-3-4-8-9(20-21(17,18)22)5-10(19-8)15-6-7(2)11(13)14-12(15)16/h6,8-10H,3-5H2,1-2H3,(H2,13,14,16)(H2,17,18,22)/t8-,9-,10-/m1/s1. The number of aromatic nitrogens is 2. The van der Waals surface area contributed by atoms with E-state index in [0.29, 0.717) is 12.0 Å². The lowest BCUT2D eigenvalue weighted by Gasteiger charge is -2.20. The molecule has 2 heterocycles. The Morgan fingerprint density at radius 3 is 2.91 bits per heavy atom. The second kappa shape index (κ2) is 6.74. The SMILES string of the molecule is CCC[C@H]1O[C@@H](n2cc(C)c(N)nc2=O)C[C@H]1OP(O)(O)=S. The van der Waals surface area contributed by atoms with Crippen LogP contribution in [0.15, 0.2) is 11.0 Å². The molecule has 1 aromatic heterocycles. The van der Waals surface area contributed by atoms with E-state index >= 15 is 0 Å².